The number of rotatable bonds is 9. The van der Waals surface area contributed by atoms with Gasteiger partial charge >= 0.3 is 0 Å². The lowest BCUT2D eigenvalue weighted by Gasteiger charge is -2.13. The molecule has 0 atom stereocenters. The first-order chi connectivity index (χ1) is 18.3. The van der Waals surface area contributed by atoms with Gasteiger partial charge in [-0.1, -0.05) is 44.0 Å². The van der Waals surface area contributed by atoms with Crippen LogP contribution in [0.2, 0.25) is 0 Å². The zero-order valence-electron chi connectivity index (χ0n) is 20.3. The van der Waals surface area contributed by atoms with Gasteiger partial charge in [-0.25, -0.2) is 0 Å². The fraction of sp³-hybridized carbons (Fsp3) is 0.148. The maximum atomic E-state index is 13.0. The van der Waals surface area contributed by atoms with Crippen molar-refractivity contribution in [2.45, 2.75) is 6.61 Å². The number of nitrogens with zero attached hydrogens (tertiary/aromatic N) is 1. The summed E-state index contributed by atoms with van der Waals surface area (Å²) < 4.78 is 18.2. The van der Waals surface area contributed by atoms with Gasteiger partial charge in [0.05, 0.1) is 19.1 Å². The number of hydrogen-bond donors (Lipinski definition) is 1. The third kappa shape index (κ3) is 6.77. The second-order valence-electron chi connectivity index (χ2n) is 7.98. The van der Waals surface area contributed by atoms with Gasteiger partial charge in [-0.05, 0) is 77.5 Å². The Morgan fingerprint density at radius 2 is 1.68 bits per heavy atom. The second kappa shape index (κ2) is 12.5. The standard InChI is InChI=1S/C27H22Br2N2O6S/c1-35-20-9-7-19(8-10-20)30-25(32)14-31-26(33)24(38-27(31)34)12-17-11-22(36-2)23(13-21(17)29)37-15-16-3-5-18(28)6-4-16/h3-13H,14-15H2,1-2H3,(H,30,32)/b24-12+. The van der Waals surface area contributed by atoms with E-state index >= 15 is 0 Å². The number of benzene rings is 3. The van der Waals surface area contributed by atoms with Gasteiger partial charge in [-0.3, -0.25) is 19.3 Å². The van der Waals surface area contributed by atoms with E-state index in [9.17, 15) is 14.4 Å². The molecule has 0 spiro atoms. The van der Waals surface area contributed by atoms with Gasteiger partial charge in [0, 0.05) is 14.6 Å². The average molecular weight is 662 g/mol. The Hall–Kier alpha value is -3.28. The summed E-state index contributed by atoms with van der Waals surface area (Å²) in [4.78, 5) is 39.1. The fourth-order valence-corrected chi connectivity index (χ4v) is 5.00. The molecule has 1 saturated heterocycles. The van der Waals surface area contributed by atoms with Crippen LogP contribution in [-0.2, 0) is 16.2 Å². The summed E-state index contributed by atoms with van der Waals surface area (Å²) in [5, 5.41) is 2.15. The number of ether oxygens (including phenoxy) is 3. The van der Waals surface area contributed by atoms with E-state index in [2.05, 4.69) is 37.2 Å². The number of methoxy groups -OCH3 is 2. The molecule has 3 amide bonds. The van der Waals surface area contributed by atoms with Gasteiger partial charge in [-0.15, -0.1) is 0 Å². The quantitative estimate of drug-likeness (QED) is 0.262. The number of imide groups is 1. The molecule has 38 heavy (non-hydrogen) atoms. The van der Waals surface area contributed by atoms with E-state index in [0.717, 1.165) is 26.7 Å². The molecule has 1 N–H and O–H groups in total. The number of hydrogen-bond acceptors (Lipinski definition) is 7. The Kier molecular flexibility index (Phi) is 9.13. The van der Waals surface area contributed by atoms with E-state index in [-0.39, 0.29) is 4.91 Å². The molecule has 1 aliphatic heterocycles. The van der Waals surface area contributed by atoms with Crippen molar-refractivity contribution in [3.8, 4) is 17.2 Å². The Morgan fingerprint density at radius 1 is 0.974 bits per heavy atom. The van der Waals surface area contributed by atoms with E-state index in [1.165, 1.54) is 7.11 Å². The number of amides is 3. The van der Waals surface area contributed by atoms with Crippen LogP contribution in [0, 0.1) is 0 Å². The Bertz CT molecular complexity index is 1390. The van der Waals surface area contributed by atoms with Crippen molar-refractivity contribution < 1.29 is 28.6 Å². The van der Waals surface area contributed by atoms with Crippen LogP contribution in [0.5, 0.6) is 17.2 Å². The highest BCUT2D eigenvalue weighted by Gasteiger charge is 2.36. The molecule has 1 fully saturated rings. The van der Waals surface area contributed by atoms with Gasteiger partial charge in [0.2, 0.25) is 5.91 Å². The van der Waals surface area contributed by atoms with Gasteiger partial charge in [0.1, 0.15) is 18.9 Å². The van der Waals surface area contributed by atoms with E-state index in [0.29, 0.717) is 39.6 Å². The number of carbonyl (C=O) groups excluding carboxylic acids is 3. The van der Waals surface area contributed by atoms with Crippen LogP contribution < -0.4 is 19.5 Å². The Balaban J connectivity index is 1.45. The van der Waals surface area contributed by atoms with Gasteiger partial charge < -0.3 is 19.5 Å². The second-order valence-corrected chi connectivity index (χ2v) is 10.7. The van der Waals surface area contributed by atoms with Crippen molar-refractivity contribution in [3.05, 3.63) is 85.6 Å². The SMILES string of the molecule is COc1ccc(NC(=O)CN2C(=O)S/C(=C/c3cc(OC)c(OCc4ccc(Br)cc4)cc3Br)C2=O)cc1. The van der Waals surface area contributed by atoms with Crippen molar-refractivity contribution in [1.82, 2.24) is 4.90 Å². The molecule has 196 valence electrons. The molecule has 4 rings (SSSR count). The zero-order chi connectivity index (χ0) is 27.2. The van der Waals surface area contributed by atoms with Crippen molar-refractivity contribution in [2.24, 2.45) is 0 Å². The highest BCUT2D eigenvalue weighted by atomic mass is 79.9. The lowest BCUT2D eigenvalue weighted by atomic mass is 10.1. The first-order valence-electron chi connectivity index (χ1n) is 11.2. The predicted molar refractivity (Wildman–Crippen MR) is 153 cm³/mol. The average Bonchev–Trinajstić information content (AvgIpc) is 3.17. The summed E-state index contributed by atoms with van der Waals surface area (Å²) in [6.07, 6.45) is 1.58. The maximum Gasteiger partial charge on any atom is 0.294 e. The lowest BCUT2D eigenvalue weighted by Crippen LogP contribution is -2.36. The van der Waals surface area contributed by atoms with Crippen LogP contribution >= 0.6 is 43.6 Å². The van der Waals surface area contributed by atoms with Crippen LogP contribution in [0.4, 0.5) is 10.5 Å². The maximum absolute atomic E-state index is 13.0. The number of nitrogens with one attached hydrogen (secondary N) is 1. The minimum atomic E-state index is -0.550. The van der Waals surface area contributed by atoms with E-state index < -0.39 is 23.6 Å². The highest BCUT2D eigenvalue weighted by molar-refractivity contribution is 9.10. The largest absolute Gasteiger partial charge is 0.497 e. The molecule has 0 radical (unpaired) electrons. The Morgan fingerprint density at radius 3 is 2.34 bits per heavy atom. The smallest absolute Gasteiger partial charge is 0.294 e. The summed E-state index contributed by atoms with van der Waals surface area (Å²) in [5.74, 6) is 0.587. The molecular weight excluding hydrogens is 640 g/mol. The van der Waals surface area contributed by atoms with E-state index in [1.54, 1.807) is 49.6 Å². The van der Waals surface area contributed by atoms with E-state index in [1.807, 2.05) is 24.3 Å². The first-order valence-corrected chi connectivity index (χ1v) is 13.6. The van der Waals surface area contributed by atoms with Crippen LogP contribution in [-0.4, -0.2) is 42.7 Å². The number of anilines is 1. The zero-order valence-corrected chi connectivity index (χ0v) is 24.3. The summed E-state index contributed by atoms with van der Waals surface area (Å²) in [6.45, 7) is -0.0612. The molecule has 3 aromatic rings. The van der Waals surface area contributed by atoms with Crippen LogP contribution in [0.25, 0.3) is 6.08 Å². The molecule has 0 aliphatic carbocycles. The van der Waals surface area contributed by atoms with Gasteiger partial charge in [-0.2, -0.15) is 0 Å². The Labute approximate surface area is 240 Å². The first kappa shape index (κ1) is 27.7. The number of carbonyl (C=O) groups is 3. The summed E-state index contributed by atoms with van der Waals surface area (Å²) in [5.41, 5.74) is 2.13. The molecule has 0 aromatic heterocycles. The van der Waals surface area contributed by atoms with Crippen molar-refractivity contribution in [2.75, 3.05) is 26.1 Å². The molecule has 1 aliphatic rings. The van der Waals surface area contributed by atoms with Crippen molar-refractivity contribution in [1.29, 1.82) is 0 Å². The third-order valence-corrected chi connectivity index (χ3v) is 7.55. The predicted octanol–water partition coefficient (Wildman–Crippen LogP) is 6.48. The highest BCUT2D eigenvalue weighted by Crippen LogP contribution is 2.38. The molecule has 0 bridgehead atoms. The molecule has 0 saturated carbocycles. The van der Waals surface area contributed by atoms with Gasteiger partial charge in [0.15, 0.2) is 11.5 Å². The van der Waals surface area contributed by atoms with Crippen LogP contribution in [0.15, 0.2) is 74.5 Å². The monoisotopic (exact) mass is 660 g/mol. The summed E-state index contributed by atoms with van der Waals surface area (Å²) in [6, 6.07) is 18.0. The minimum Gasteiger partial charge on any atom is -0.497 e. The van der Waals surface area contributed by atoms with Crippen molar-refractivity contribution >= 4 is 72.4 Å². The topological polar surface area (TPSA) is 94.2 Å². The molecule has 0 unspecified atom stereocenters. The normalized spacial score (nSPS) is 14.1. The third-order valence-electron chi connectivity index (χ3n) is 5.43. The van der Waals surface area contributed by atoms with E-state index in [4.69, 9.17) is 14.2 Å². The van der Waals surface area contributed by atoms with Crippen LogP contribution in [0.1, 0.15) is 11.1 Å². The van der Waals surface area contributed by atoms with Gasteiger partial charge in [0.25, 0.3) is 11.1 Å². The molecule has 8 nitrogen and oxygen atoms in total. The number of thioether (sulfide) groups is 1. The lowest BCUT2D eigenvalue weighted by molar-refractivity contribution is -0.127. The molecular formula is C27H22Br2N2O6S. The summed E-state index contributed by atoms with van der Waals surface area (Å²) in [7, 11) is 3.07. The van der Waals surface area contributed by atoms with Crippen LogP contribution in [0.3, 0.4) is 0 Å². The number of halogens is 2. The minimum absolute atomic E-state index is 0.193. The summed E-state index contributed by atoms with van der Waals surface area (Å²) >= 11 is 7.70. The fourth-order valence-electron chi connectivity index (χ4n) is 3.47. The molecule has 1 heterocycles. The molecule has 3 aromatic carbocycles. The van der Waals surface area contributed by atoms with Crippen molar-refractivity contribution in [3.63, 3.8) is 0 Å². The molecule has 11 heteroatoms.